The minimum atomic E-state index is -4.36. The van der Waals surface area contributed by atoms with Crippen LogP contribution in [-0.2, 0) is 6.18 Å². The number of aryl methyl sites for hydroxylation is 1. The van der Waals surface area contributed by atoms with E-state index in [9.17, 15) is 13.2 Å². The van der Waals surface area contributed by atoms with Crippen molar-refractivity contribution >= 4 is 11.3 Å². The van der Waals surface area contributed by atoms with E-state index in [0.29, 0.717) is 4.88 Å². The molecular formula is C9H7F3N2S. The van der Waals surface area contributed by atoms with Crippen LogP contribution in [0, 0.1) is 6.92 Å². The second kappa shape index (κ2) is 3.37. The van der Waals surface area contributed by atoms with Gasteiger partial charge in [0.25, 0.3) is 0 Å². The zero-order valence-corrected chi connectivity index (χ0v) is 8.54. The van der Waals surface area contributed by atoms with Gasteiger partial charge in [-0.1, -0.05) is 6.07 Å². The van der Waals surface area contributed by atoms with Gasteiger partial charge in [-0.2, -0.15) is 18.3 Å². The number of aromatic amines is 1. The lowest BCUT2D eigenvalue weighted by Crippen LogP contribution is -2.07. The highest BCUT2D eigenvalue weighted by molar-refractivity contribution is 7.13. The predicted molar refractivity (Wildman–Crippen MR) is 51.6 cm³/mol. The Morgan fingerprint density at radius 1 is 1.40 bits per heavy atom. The van der Waals surface area contributed by atoms with Crippen LogP contribution in [0.4, 0.5) is 13.2 Å². The van der Waals surface area contributed by atoms with Crippen molar-refractivity contribution in [2.45, 2.75) is 13.1 Å². The fourth-order valence-electron chi connectivity index (χ4n) is 1.37. The highest BCUT2D eigenvalue weighted by Crippen LogP contribution is 2.39. The Morgan fingerprint density at radius 3 is 2.67 bits per heavy atom. The molecule has 0 radical (unpaired) electrons. The summed E-state index contributed by atoms with van der Waals surface area (Å²) in [5.41, 5.74) is -0.647. The lowest BCUT2D eigenvalue weighted by Gasteiger charge is -2.06. The molecule has 2 aromatic rings. The number of H-pyrrole nitrogens is 1. The molecule has 0 spiro atoms. The van der Waals surface area contributed by atoms with Crippen LogP contribution < -0.4 is 0 Å². The SMILES string of the molecule is Cc1[nH]nc(-c2cccs2)c1C(F)(F)F. The maximum Gasteiger partial charge on any atom is 0.420 e. The molecule has 2 aromatic heterocycles. The summed E-state index contributed by atoms with van der Waals surface area (Å²) in [6.07, 6.45) is -4.36. The van der Waals surface area contributed by atoms with Gasteiger partial charge in [0.15, 0.2) is 0 Å². The first-order valence-corrected chi connectivity index (χ1v) is 5.04. The number of thiophene rings is 1. The van der Waals surface area contributed by atoms with Crippen LogP contribution in [0.2, 0.25) is 0 Å². The maximum absolute atomic E-state index is 12.7. The molecule has 0 aliphatic carbocycles. The number of halogens is 3. The summed E-state index contributed by atoms with van der Waals surface area (Å²) in [6.45, 7) is 1.37. The van der Waals surface area contributed by atoms with E-state index in [-0.39, 0.29) is 11.4 Å². The van der Waals surface area contributed by atoms with Crippen molar-refractivity contribution in [3.05, 3.63) is 28.8 Å². The molecule has 0 saturated heterocycles. The molecule has 0 amide bonds. The molecule has 0 aromatic carbocycles. The first-order valence-electron chi connectivity index (χ1n) is 4.16. The molecule has 6 heteroatoms. The molecular weight excluding hydrogens is 225 g/mol. The number of aromatic nitrogens is 2. The van der Waals surface area contributed by atoms with Gasteiger partial charge in [-0.25, -0.2) is 0 Å². The second-order valence-corrected chi connectivity index (χ2v) is 3.99. The zero-order chi connectivity index (χ0) is 11.1. The summed E-state index contributed by atoms with van der Waals surface area (Å²) in [5, 5.41) is 7.78. The van der Waals surface area contributed by atoms with Crippen LogP contribution in [0.1, 0.15) is 11.3 Å². The van der Waals surface area contributed by atoms with E-state index >= 15 is 0 Å². The van der Waals surface area contributed by atoms with E-state index in [1.807, 2.05) is 0 Å². The molecule has 0 atom stereocenters. The van der Waals surface area contributed by atoms with Gasteiger partial charge in [0.05, 0.1) is 4.88 Å². The minimum absolute atomic E-state index is 0.0185. The molecule has 2 nitrogen and oxygen atoms in total. The number of rotatable bonds is 1. The highest BCUT2D eigenvalue weighted by Gasteiger charge is 2.38. The Labute approximate surface area is 87.8 Å². The molecule has 15 heavy (non-hydrogen) atoms. The van der Waals surface area contributed by atoms with Gasteiger partial charge in [-0.3, -0.25) is 5.10 Å². The van der Waals surface area contributed by atoms with Crippen LogP contribution in [0.15, 0.2) is 17.5 Å². The third-order valence-corrected chi connectivity index (χ3v) is 2.86. The fraction of sp³-hybridized carbons (Fsp3) is 0.222. The summed E-state index contributed by atoms with van der Waals surface area (Å²) < 4.78 is 38.0. The highest BCUT2D eigenvalue weighted by atomic mass is 32.1. The van der Waals surface area contributed by atoms with E-state index in [2.05, 4.69) is 10.2 Å². The van der Waals surface area contributed by atoms with Crippen molar-refractivity contribution in [3.8, 4) is 10.6 Å². The molecule has 1 N–H and O–H groups in total. The third-order valence-electron chi connectivity index (χ3n) is 1.99. The number of alkyl halides is 3. The lowest BCUT2D eigenvalue weighted by molar-refractivity contribution is -0.137. The maximum atomic E-state index is 12.7. The smallest absolute Gasteiger partial charge is 0.282 e. The zero-order valence-electron chi connectivity index (χ0n) is 7.72. The lowest BCUT2D eigenvalue weighted by atomic mass is 10.1. The summed E-state index contributed by atoms with van der Waals surface area (Å²) >= 11 is 1.24. The van der Waals surface area contributed by atoms with Gasteiger partial charge in [-0.15, -0.1) is 11.3 Å². The predicted octanol–water partition coefficient (Wildman–Crippen LogP) is 3.47. The van der Waals surface area contributed by atoms with E-state index in [0.717, 1.165) is 0 Å². The summed E-state index contributed by atoms with van der Waals surface area (Å²) in [4.78, 5) is 0.520. The first kappa shape index (κ1) is 10.2. The molecule has 0 bridgehead atoms. The molecule has 0 unspecified atom stereocenters. The monoisotopic (exact) mass is 232 g/mol. The van der Waals surface area contributed by atoms with Gasteiger partial charge >= 0.3 is 6.18 Å². The van der Waals surface area contributed by atoms with Crippen molar-refractivity contribution in [1.29, 1.82) is 0 Å². The molecule has 0 saturated carbocycles. The van der Waals surface area contributed by atoms with Crippen LogP contribution in [0.3, 0.4) is 0 Å². The van der Waals surface area contributed by atoms with E-state index < -0.39 is 11.7 Å². The molecule has 0 fully saturated rings. The van der Waals surface area contributed by atoms with Crippen molar-refractivity contribution < 1.29 is 13.2 Å². The van der Waals surface area contributed by atoms with Gasteiger partial charge in [-0.05, 0) is 18.4 Å². The third kappa shape index (κ3) is 1.77. The number of hydrogen-bond donors (Lipinski definition) is 1. The number of nitrogens with one attached hydrogen (secondary N) is 1. The van der Waals surface area contributed by atoms with Crippen LogP contribution >= 0.6 is 11.3 Å². The van der Waals surface area contributed by atoms with E-state index in [1.165, 1.54) is 18.3 Å². The topological polar surface area (TPSA) is 28.7 Å². The van der Waals surface area contributed by atoms with Gasteiger partial charge in [0.1, 0.15) is 11.3 Å². The Bertz CT molecular complexity index is 456. The Kier molecular flexibility index (Phi) is 2.30. The molecule has 0 aliphatic heterocycles. The Hall–Kier alpha value is -1.30. The van der Waals surface area contributed by atoms with Crippen molar-refractivity contribution in [2.75, 3.05) is 0 Å². The van der Waals surface area contributed by atoms with Crippen molar-refractivity contribution in [1.82, 2.24) is 10.2 Å². The van der Waals surface area contributed by atoms with Crippen LogP contribution in [0.25, 0.3) is 10.6 Å². The van der Waals surface area contributed by atoms with Crippen molar-refractivity contribution in [2.24, 2.45) is 0 Å². The minimum Gasteiger partial charge on any atom is -0.282 e. The molecule has 0 aliphatic rings. The van der Waals surface area contributed by atoms with Crippen molar-refractivity contribution in [3.63, 3.8) is 0 Å². The Morgan fingerprint density at radius 2 is 2.13 bits per heavy atom. The number of hydrogen-bond acceptors (Lipinski definition) is 2. The summed E-state index contributed by atoms with van der Waals surface area (Å²) in [6, 6.07) is 3.32. The molecule has 2 rings (SSSR count). The number of nitrogens with zero attached hydrogens (tertiary/aromatic N) is 1. The van der Waals surface area contributed by atoms with Gasteiger partial charge < -0.3 is 0 Å². The molecule has 80 valence electrons. The quantitative estimate of drug-likeness (QED) is 0.801. The summed E-state index contributed by atoms with van der Waals surface area (Å²) in [7, 11) is 0. The first-order chi connectivity index (χ1) is 7.00. The van der Waals surface area contributed by atoms with E-state index in [1.54, 1.807) is 17.5 Å². The molecule has 2 heterocycles. The van der Waals surface area contributed by atoms with E-state index in [4.69, 9.17) is 0 Å². The fourth-order valence-corrected chi connectivity index (χ4v) is 2.09. The van der Waals surface area contributed by atoms with Gasteiger partial charge in [0.2, 0.25) is 0 Å². The average molecular weight is 232 g/mol. The van der Waals surface area contributed by atoms with Crippen LogP contribution in [0.5, 0.6) is 0 Å². The summed E-state index contributed by atoms with van der Waals surface area (Å²) in [5.74, 6) is 0. The average Bonchev–Trinajstić information content (AvgIpc) is 2.68. The Balaban J connectivity index is 2.59. The second-order valence-electron chi connectivity index (χ2n) is 3.05. The normalized spacial score (nSPS) is 12.0. The van der Waals surface area contributed by atoms with Crippen LogP contribution in [-0.4, -0.2) is 10.2 Å². The van der Waals surface area contributed by atoms with Gasteiger partial charge in [0, 0.05) is 5.69 Å². The standard InChI is InChI=1S/C9H7F3N2S/c1-5-7(9(10,11)12)8(14-13-5)6-3-2-4-15-6/h2-4H,1H3,(H,13,14). The largest absolute Gasteiger partial charge is 0.420 e.